The summed E-state index contributed by atoms with van der Waals surface area (Å²) in [7, 11) is 0. The number of thioether (sulfide) groups is 1. The van der Waals surface area contributed by atoms with Crippen LogP contribution in [-0.4, -0.2) is 35.0 Å². The molecular weight excluding hydrogens is 508 g/mol. The minimum atomic E-state index is -0.264. The lowest BCUT2D eigenvalue weighted by Gasteiger charge is -2.06. The maximum atomic E-state index is 12.9. The number of hydrogen-bond donors (Lipinski definition) is 1. The molecule has 0 atom stereocenters. The summed E-state index contributed by atoms with van der Waals surface area (Å²) in [6, 6.07) is 26.7. The van der Waals surface area contributed by atoms with Gasteiger partial charge in [0.15, 0.2) is 9.99 Å². The van der Waals surface area contributed by atoms with Crippen LogP contribution in [0.2, 0.25) is 0 Å². The number of aromatic nitrogens is 7. The van der Waals surface area contributed by atoms with Crippen LogP contribution in [0.15, 0.2) is 100 Å². The first-order valence-electron chi connectivity index (χ1n) is 11.2. The van der Waals surface area contributed by atoms with Gasteiger partial charge >= 0.3 is 0 Å². The van der Waals surface area contributed by atoms with Crippen LogP contribution in [0.1, 0.15) is 0 Å². The zero-order valence-corrected chi connectivity index (χ0v) is 20.8. The number of rotatable bonds is 8. The van der Waals surface area contributed by atoms with Crippen LogP contribution in [0.3, 0.4) is 0 Å². The predicted molar refractivity (Wildman–Crippen MR) is 143 cm³/mol. The molecule has 0 aliphatic rings. The highest BCUT2D eigenvalue weighted by molar-refractivity contribution is 8.00. The average molecular weight is 527 g/mol. The third-order valence-electron chi connectivity index (χ3n) is 5.26. The van der Waals surface area contributed by atoms with Crippen LogP contribution >= 0.6 is 23.1 Å². The molecule has 10 nitrogen and oxygen atoms in total. The molecule has 0 fully saturated rings. The van der Waals surface area contributed by atoms with Crippen LogP contribution < -0.4 is 15.6 Å². The van der Waals surface area contributed by atoms with Crippen molar-refractivity contribution in [2.45, 2.75) is 10.2 Å². The van der Waals surface area contributed by atoms with Gasteiger partial charge in [-0.2, -0.15) is 9.78 Å². The molecule has 0 saturated carbocycles. The van der Waals surface area contributed by atoms with Gasteiger partial charge in [0.25, 0.3) is 5.56 Å². The molecule has 3 heterocycles. The third-order valence-corrected chi connectivity index (χ3v) is 7.20. The summed E-state index contributed by atoms with van der Waals surface area (Å²) in [6.07, 6.45) is 1.52. The minimum Gasteiger partial charge on any atom is -0.457 e. The number of para-hydroxylation sites is 2. The summed E-state index contributed by atoms with van der Waals surface area (Å²) in [6.45, 7) is 0. The van der Waals surface area contributed by atoms with E-state index in [1.54, 1.807) is 4.68 Å². The quantitative estimate of drug-likeness (QED) is 0.270. The normalized spacial score (nSPS) is 11.0. The molecule has 182 valence electrons. The molecule has 6 aromatic rings. The van der Waals surface area contributed by atoms with E-state index in [2.05, 4.69) is 30.9 Å². The molecule has 3 aromatic carbocycles. The van der Waals surface area contributed by atoms with Gasteiger partial charge in [-0.05, 0) is 48.5 Å². The van der Waals surface area contributed by atoms with Gasteiger partial charge in [-0.15, -0.1) is 15.3 Å². The van der Waals surface area contributed by atoms with Gasteiger partial charge in [-0.3, -0.25) is 4.79 Å². The Morgan fingerprint density at radius 2 is 1.59 bits per heavy atom. The Morgan fingerprint density at radius 1 is 0.865 bits per heavy atom. The van der Waals surface area contributed by atoms with Gasteiger partial charge in [0.2, 0.25) is 5.13 Å². The Labute approximate surface area is 218 Å². The summed E-state index contributed by atoms with van der Waals surface area (Å²) in [5, 5.41) is 25.3. The monoisotopic (exact) mass is 526 g/mol. The fraction of sp³-hybridized carbons (Fsp3) is 0.0400. The highest BCUT2D eigenvalue weighted by Gasteiger charge is 2.14. The lowest BCUT2D eigenvalue weighted by molar-refractivity contribution is 0.483. The number of fused-ring (bicyclic) bond motifs is 1. The molecule has 0 bridgehead atoms. The van der Waals surface area contributed by atoms with Crippen LogP contribution in [0.4, 0.5) is 10.8 Å². The van der Waals surface area contributed by atoms with Gasteiger partial charge in [0, 0.05) is 5.69 Å². The van der Waals surface area contributed by atoms with Crippen molar-refractivity contribution < 1.29 is 4.74 Å². The molecule has 1 N–H and O–H groups in total. The first kappa shape index (κ1) is 22.9. The fourth-order valence-electron chi connectivity index (χ4n) is 3.50. The highest BCUT2D eigenvalue weighted by atomic mass is 32.2. The lowest BCUT2D eigenvalue weighted by atomic mass is 10.3. The van der Waals surface area contributed by atoms with Crippen molar-refractivity contribution in [3.8, 4) is 17.2 Å². The number of nitrogens with one attached hydrogen (secondary N) is 1. The van der Waals surface area contributed by atoms with E-state index in [0.29, 0.717) is 20.5 Å². The first-order chi connectivity index (χ1) is 18.2. The molecule has 6 rings (SSSR count). The van der Waals surface area contributed by atoms with Crippen molar-refractivity contribution in [1.29, 1.82) is 0 Å². The first-order valence-corrected chi connectivity index (χ1v) is 13.0. The molecule has 37 heavy (non-hydrogen) atoms. The van der Waals surface area contributed by atoms with Crippen molar-refractivity contribution in [3.05, 3.63) is 101 Å². The van der Waals surface area contributed by atoms with Crippen molar-refractivity contribution >= 4 is 45.0 Å². The van der Waals surface area contributed by atoms with Crippen LogP contribution in [0.5, 0.6) is 11.5 Å². The van der Waals surface area contributed by atoms with E-state index < -0.39 is 0 Å². The zero-order valence-electron chi connectivity index (χ0n) is 19.1. The van der Waals surface area contributed by atoms with E-state index in [1.165, 1.54) is 34.0 Å². The Kier molecular flexibility index (Phi) is 6.31. The van der Waals surface area contributed by atoms with E-state index in [-0.39, 0.29) is 11.4 Å². The van der Waals surface area contributed by atoms with E-state index >= 15 is 0 Å². The van der Waals surface area contributed by atoms with Crippen LogP contribution in [0, 0.1) is 0 Å². The number of anilines is 2. The van der Waals surface area contributed by atoms with Crippen molar-refractivity contribution in [3.63, 3.8) is 0 Å². The van der Waals surface area contributed by atoms with Gasteiger partial charge in [-0.25, -0.2) is 4.68 Å². The van der Waals surface area contributed by atoms with Crippen molar-refractivity contribution in [2.24, 2.45) is 0 Å². The maximum absolute atomic E-state index is 12.9. The van der Waals surface area contributed by atoms with Crippen LogP contribution in [-0.2, 0) is 5.88 Å². The van der Waals surface area contributed by atoms with E-state index in [9.17, 15) is 4.79 Å². The third kappa shape index (κ3) is 5.06. The predicted octanol–water partition coefficient (Wildman–Crippen LogP) is 5.11. The summed E-state index contributed by atoms with van der Waals surface area (Å²) in [5.41, 5.74) is 1.82. The minimum absolute atomic E-state index is 0.248. The fourth-order valence-corrected chi connectivity index (χ4v) is 5.13. The van der Waals surface area contributed by atoms with Crippen LogP contribution in [0.25, 0.3) is 16.7 Å². The molecule has 0 spiro atoms. The molecule has 0 amide bonds. The Bertz CT molecular complexity index is 1700. The molecule has 12 heteroatoms. The Morgan fingerprint density at radius 3 is 2.38 bits per heavy atom. The molecule has 3 aromatic heterocycles. The summed E-state index contributed by atoms with van der Waals surface area (Å²) >= 11 is 2.74. The highest BCUT2D eigenvalue weighted by Crippen LogP contribution is 2.29. The number of hydrogen-bond acceptors (Lipinski definition) is 10. The standard InChI is InChI=1S/C25H18N8O2S2/c34-23-21-15-26-33(18-7-3-1-4-8-18)22(21)28-31-32(23)16-36-25-30-29-24(37-25)27-17-11-13-20(14-12-17)35-19-9-5-2-6-10-19/h1-15H,16H2,(H,27,29). The largest absolute Gasteiger partial charge is 0.457 e. The second kappa shape index (κ2) is 10.2. The summed E-state index contributed by atoms with van der Waals surface area (Å²) < 4.78 is 9.41. The van der Waals surface area contributed by atoms with Crippen molar-refractivity contribution in [2.75, 3.05) is 5.32 Å². The molecule has 0 aliphatic carbocycles. The Balaban J connectivity index is 1.10. The topological polar surface area (TPSA) is 113 Å². The van der Waals surface area contributed by atoms with Gasteiger partial charge in [-0.1, -0.05) is 64.7 Å². The molecule has 0 saturated heterocycles. The number of benzene rings is 3. The lowest BCUT2D eigenvalue weighted by Crippen LogP contribution is -2.23. The van der Waals surface area contributed by atoms with E-state index in [0.717, 1.165) is 22.9 Å². The maximum Gasteiger partial charge on any atom is 0.281 e. The molecular formula is C25H18N8O2S2. The smallest absolute Gasteiger partial charge is 0.281 e. The van der Waals surface area contributed by atoms with Gasteiger partial charge < -0.3 is 10.1 Å². The summed E-state index contributed by atoms with van der Waals surface area (Å²) in [4.78, 5) is 12.9. The number of ether oxygens (including phenoxy) is 1. The summed E-state index contributed by atoms with van der Waals surface area (Å²) in [5.74, 6) is 1.77. The number of nitrogens with zero attached hydrogens (tertiary/aromatic N) is 7. The van der Waals surface area contributed by atoms with Crippen molar-refractivity contribution in [1.82, 2.24) is 35.0 Å². The molecule has 0 aliphatic heterocycles. The second-order valence-electron chi connectivity index (χ2n) is 7.73. The second-order valence-corrected chi connectivity index (χ2v) is 9.90. The SMILES string of the molecule is O=c1c2cnn(-c3ccccc3)c2nnn1CSc1nnc(Nc2ccc(Oc3ccccc3)cc2)s1. The molecule has 0 unspecified atom stereocenters. The van der Waals surface area contributed by atoms with E-state index in [4.69, 9.17) is 4.74 Å². The Hall–Kier alpha value is -4.55. The zero-order chi connectivity index (χ0) is 25.0. The van der Waals surface area contributed by atoms with E-state index in [1.807, 2.05) is 84.9 Å². The molecule has 0 radical (unpaired) electrons. The average Bonchev–Trinajstić information content (AvgIpc) is 3.58. The van der Waals surface area contributed by atoms with Gasteiger partial charge in [0.1, 0.15) is 16.9 Å². The van der Waals surface area contributed by atoms with Gasteiger partial charge in [0.05, 0.1) is 17.8 Å².